The van der Waals surface area contributed by atoms with Crippen molar-refractivity contribution >= 4 is 16.6 Å². The summed E-state index contributed by atoms with van der Waals surface area (Å²) in [7, 11) is 0. The number of nitrogens with two attached hydrogens (primary N) is 1. The van der Waals surface area contributed by atoms with Crippen LogP contribution < -0.4 is 5.73 Å². The quantitative estimate of drug-likeness (QED) is 0.738. The lowest BCUT2D eigenvalue weighted by Gasteiger charge is -2.23. The summed E-state index contributed by atoms with van der Waals surface area (Å²) in [5.74, 6) is 0.929. The average molecular weight is 297 g/mol. The third-order valence-corrected chi connectivity index (χ3v) is 4.27. The number of aromatic nitrogens is 4. The first-order valence-corrected chi connectivity index (χ1v) is 7.63. The van der Waals surface area contributed by atoms with Gasteiger partial charge in [0.05, 0.1) is 17.4 Å². The van der Waals surface area contributed by atoms with Gasteiger partial charge in [-0.25, -0.2) is 9.67 Å². The van der Waals surface area contributed by atoms with Crippen molar-refractivity contribution in [2.45, 2.75) is 32.4 Å². The predicted molar refractivity (Wildman–Crippen MR) is 84.8 cm³/mol. The number of aryl methyl sites for hydroxylation is 1. The topological polar surface area (TPSA) is 70.9 Å². The molecule has 1 aliphatic rings. The highest BCUT2D eigenvalue weighted by Gasteiger charge is 2.19. The number of imidazole rings is 1. The first-order chi connectivity index (χ1) is 10.7. The van der Waals surface area contributed by atoms with Crippen molar-refractivity contribution < 1.29 is 4.74 Å². The summed E-state index contributed by atoms with van der Waals surface area (Å²) in [5.41, 5.74) is 8.96. The number of benzene rings is 1. The number of rotatable bonds is 2. The molecule has 22 heavy (non-hydrogen) atoms. The van der Waals surface area contributed by atoms with Gasteiger partial charge in [0.15, 0.2) is 6.23 Å². The van der Waals surface area contributed by atoms with Gasteiger partial charge in [-0.15, -0.1) is 0 Å². The molecule has 3 heterocycles. The van der Waals surface area contributed by atoms with E-state index in [1.54, 1.807) is 6.20 Å². The van der Waals surface area contributed by atoms with Crippen LogP contribution in [-0.4, -0.2) is 25.9 Å². The van der Waals surface area contributed by atoms with Crippen molar-refractivity contribution in [2.75, 3.05) is 12.3 Å². The number of hydrogen-bond donors (Lipinski definition) is 1. The van der Waals surface area contributed by atoms with E-state index in [4.69, 9.17) is 10.5 Å². The molecule has 1 saturated heterocycles. The lowest BCUT2D eigenvalue weighted by Crippen LogP contribution is -2.19. The van der Waals surface area contributed by atoms with Crippen molar-refractivity contribution in [1.29, 1.82) is 0 Å². The third kappa shape index (κ3) is 2.07. The largest absolute Gasteiger partial charge is 0.398 e. The standard InChI is InChI=1S/C16H19N5O/c1-11-18-5-6-20(11)12-8-14(17)13-10-19-21(15(13)9-12)16-4-2-3-7-22-16/h5-6,8-10,16H,2-4,7,17H2,1H3. The van der Waals surface area contributed by atoms with Crippen LogP contribution in [0.4, 0.5) is 5.69 Å². The van der Waals surface area contributed by atoms with E-state index in [-0.39, 0.29) is 6.23 Å². The molecule has 0 spiro atoms. The molecule has 114 valence electrons. The highest BCUT2D eigenvalue weighted by molar-refractivity contribution is 5.92. The molecule has 6 heteroatoms. The normalized spacial score (nSPS) is 18.9. The Morgan fingerprint density at radius 1 is 1.32 bits per heavy atom. The Hall–Kier alpha value is -2.34. The van der Waals surface area contributed by atoms with Crippen LogP contribution in [0.5, 0.6) is 0 Å². The molecule has 0 radical (unpaired) electrons. The van der Waals surface area contributed by atoms with Crippen molar-refractivity contribution in [1.82, 2.24) is 19.3 Å². The molecule has 3 aromatic rings. The fourth-order valence-electron chi connectivity index (χ4n) is 3.09. The van der Waals surface area contributed by atoms with E-state index in [0.29, 0.717) is 0 Å². The maximum atomic E-state index is 6.23. The second kappa shape index (κ2) is 5.14. The molecular formula is C16H19N5O. The minimum absolute atomic E-state index is 0.00443. The highest BCUT2D eigenvalue weighted by atomic mass is 16.5. The summed E-state index contributed by atoms with van der Waals surface area (Å²) in [6.45, 7) is 2.77. The summed E-state index contributed by atoms with van der Waals surface area (Å²) < 4.78 is 9.85. The smallest absolute Gasteiger partial charge is 0.150 e. The molecule has 1 aromatic carbocycles. The van der Waals surface area contributed by atoms with E-state index >= 15 is 0 Å². The lowest BCUT2D eigenvalue weighted by molar-refractivity contribution is -0.0366. The number of nitrogen functional groups attached to an aromatic ring is 1. The van der Waals surface area contributed by atoms with Crippen LogP contribution in [0.25, 0.3) is 16.6 Å². The van der Waals surface area contributed by atoms with Crippen molar-refractivity contribution in [3.8, 4) is 5.69 Å². The zero-order chi connectivity index (χ0) is 15.1. The van der Waals surface area contributed by atoms with Gasteiger partial charge in [0.2, 0.25) is 0 Å². The molecule has 0 bridgehead atoms. The Morgan fingerprint density at radius 3 is 2.95 bits per heavy atom. The summed E-state index contributed by atoms with van der Waals surface area (Å²) >= 11 is 0. The lowest BCUT2D eigenvalue weighted by atomic mass is 10.1. The van der Waals surface area contributed by atoms with Crippen LogP contribution in [0.1, 0.15) is 31.3 Å². The van der Waals surface area contributed by atoms with Gasteiger partial charge in [-0.05, 0) is 38.3 Å². The highest BCUT2D eigenvalue weighted by Crippen LogP contribution is 2.30. The maximum absolute atomic E-state index is 6.23. The number of fused-ring (bicyclic) bond motifs is 1. The number of nitrogens with zero attached hydrogens (tertiary/aromatic N) is 4. The van der Waals surface area contributed by atoms with Crippen molar-refractivity contribution in [3.63, 3.8) is 0 Å². The maximum Gasteiger partial charge on any atom is 0.150 e. The Morgan fingerprint density at radius 2 is 2.23 bits per heavy atom. The Labute approximate surface area is 128 Å². The Bertz CT molecular complexity index is 813. The van der Waals surface area contributed by atoms with Gasteiger partial charge in [-0.3, -0.25) is 0 Å². The molecule has 1 aliphatic heterocycles. The van der Waals surface area contributed by atoms with Gasteiger partial charge in [-0.1, -0.05) is 0 Å². The average Bonchev–Trinajstić information content (AvgIpc) is 3.14. The van der Waals surface area contributed by atoms with E-state index in [9.17, 15) is 0 Å². The minimum atomic E-state index is 0.00443. The van der Waals surface area contributed by atoms with E-state index in [2.05, 4.69) is 16.1 Å². The second-order valence-corrected chi connectivity index (χ2v) is 5.72. The number of anilines is 1. The van der Waals surface area contributed by atoms with Crippen LogP contribution in [0.15, 0.2) is 30.7 Å². The van der Waals surface area contributed by atoms with Crippen LogP contribution in [-0.2, 0) is 4.74 Å². The molecule has 1 fully saturated rings. The zero-order valence-electron chi connectivity index (χ0n) is 12.6. The monoisotopic (exact) mass is 297 g/mol. The number of hydrogen-bond acceptors (Lipinski definition) is 4. The van der Waals surface area contributed by atoms with Crippen LogP contribution in [0.2, 0.25) is 0 Å². The fourth-order valence-corrected chi connectivity index (χ4v) is 3.09. The van der Waals surface area contributed by atoms with Gasteiger partial charge in [0, 0.05) is 30.1 Å². The molecule has 4 rings (SSSR count). The second-order valence-electron chi connectivity index (χ2n) is 5.72. The van der Waals surface area contributed by atoms with Gasteiger partial charge in [0.25, 0.3) is 0 Å². The van der Waals surface area contributed by atoms with Gasteiger partial charge in [0.1, 0.15) is 5.82 Å². The molecule has 0 saturated carbocycles. The summed E-state index contributed by atoms with van der Waals surface area (Å²) in [6.07, 6.45) is 8.84. The Kier molecular flexibility index (Phi) is 3.11. The van der Waals surface area contributed by atoms with Crippen LogP contribution in [0.3, 0.4) is 0 Å². The molecule has 1 unspecified atom stereocenters. The molecule has 2 N–H and O–H groups in total. The van der Waals surface area contributed by atoms with E-state index in [1.165, 1.54) is 6.42 Å². The predicted octanol–water partition coefficient (Wildman–Crippen LogP) is 2.81. The van der Waals surface area contributed by atoms with E-state index < -0.39 is 0 Å². The number of ether oxygens (including phenoxy) is 1. The van der Waals surface area contributed by atoms with Gasteiger partial charge >= 0.3 is 0 Å². The van der Waals surface area contributed by atoms with E-state index in [0.717, 1.165) is 47.6 Å². The van der Waals surface area contributed by atoms with Crippen LogP contribution >= 0.6 is 0 Å². The molecule has 0 amide bonds. The fraction of sp³-hybridized carbons (Fsp3) is 0.375. The molecule has 0 aliphatic carbocycles. The van der Waals surface area contributed by atoms with Crippen molar-refractivity contribution in [3.05, 3.63) is 36.5 Å². The molecule has 1 atom stereocenters. The summed E-state index contributed by atoms with van der Waals surface area (Å²) in [6, 6.07) is 4.07. The first-order valence-electron chi connectivity index (χ1n) is 7.63. The van der Waals surface area contributed by atoms with Gasteiger partial charge < -0.3 is 15.0 Å². The van der Waals surface area contributed by atoms with Crippen molar-refractivity contribution in [2.24, 2.45) is 0 Å². The van der Waals surface area contributed by atoms with Gasteiger partial charge in [-0.2, -0.15) is 5.10 Å². The first kappa shape index (κ1) is 13.3. The summed E-state index contributed by atoms with van der Waals surface area (Å²) in [4.78, 5) is 4.28. The van der Waals surface area contributed by atoms with Crippen LogP contribution in [0, 0.1) is 6.92 Å². The zero-order valence-corrected chi connectivity index (χ0v) is 12.6. The Balaban J connectivity index is 1.86. The third-order valence-electron chi connectivity index (χ3n) is 4.27. The molecule has 6 nitrogen and oxygen atoms in total. The SMILES string of the molecule is Cc1nccn1-c1cc(N)c2cnn(C3CCCCO3)c2c1. The van der Waals surface area contributed by atoms with E-state index in [1.807, 2.05) is 34.6 Å². The summed E-state index contributed by atoms with van der Waals surface area (Å²) in [5, 5.41) is 5.48. The minimum Gasteiger partial charge on any atom is -0.398 e. The molecule has 2 aromatic heterocycles. The molecular weight excluding hydrogens is 278 g/mol.